The summed E-state index contributed by atoms with van der Waals surface area (Å²) in [5.41, 5.74) is 7.27. The molecule has 0 spiro atoms. The molecule has 7 heteroatoms. The molecule has 7 nitrogen and oxygen atoms in total. The first-order chi connectivity index (χ1) is 7.58. The molecule has 0 atom stereocenters. The Labute approximate surface area is 91.6 Å². The van der Waals surface area contributed by atoms with E-state index in [2.05, 4.69) is 20.6 Å². The average molecular weight is 220 g/mol. The highest BCUT2D eigenvalue weighted by molar-refractivity contribution is 6.07. The van der Waals surface area contributed by atoms with Crippen molar-refractivity contribution < 1.29 is 4.79 Å². The first-order valence-electron chi connectivity index (χ1n) is 4.68. The van der Waals surface area contributed by atoms with Crippen molar-refractivity contribution in [1.82, 2.24) is 20.0 Å². The number of carbonyl (C=O) groups is 1. The Balaban J connectivity index is 2.20. The number of aromatic amines is 1. The minimum atomic E-state index is -0.303. The van der Waals surface area contributed by atoms with Crippen LogP contribution >= 0.6 is 0 Å². The number of nitrogens with two attached hydrogens (primary N) is 1. The second-order valence-corrected chi connectivity index (χ2v) is 3.45. The number of hydrogen-bond acceptors (Lipinski definition) is 4. The van der Waals surface area contributed by atoms with Crippen LogP contribution in [-0.4, -0.2) is 25.9 Å². The van der Waals surface area contributed by atoms with Crippen LogP contribution in [-0.2, 0) is 7.05 Å². The molecular weight excluding hydrogens is 208 g/mol. The van der Waals surface area contributed by atoms with Crippen molar-refractivity contribution in [2.24, 2.45) is 7.05 Å². The molecule has 0 fully saturated rings. The minimum absolute atomic E-state index is 0.249. The summed E-state index contributed by atoms with van der Waals surface area (Å²) in [7, 11) is 1.79. The Morgan fingerprint density at radius 1 is 1.62 bits per heavy atom. The van der Waals surface area contributed by atoms with Crippen LogP contribution in [0.3, 0.4) is 0 Å². The summed E-state index contributed by atoms with van der Waals surface area (Å²) in [6, 6.07) is 0. The predicted octanol–water partition coefficient (Wildman–Crippen LogP) is 0.286. The summed E-state index contributed by atoms with van der Waals surface area (Å²) < 4.78 is 1.63. The van der Waals surface area contributed by atoms with E-state index in [1.807, 2.05) is 6.92 Å². The van der Waals surface area contributed by atoms with E-state index in [4.69, 9.17) is 5.73 Å². The van der Waals surface area contributed by atoms with E-state index in [1.165, 1.54) is 6.20 Å². The van der Waals surface area contributed by atoms with E-state index in [1.54, 1.807) is 17.9 Å². The Hall–Kier alpha value is -2.31. The lowest BCUT2D eigenvalue weighted by Gasteiger charge is -2.01. The van der Waals surface area contributed by atoms with Gasteiger partial charge in [0.15, 0.2) is 0 Å². The van der Waals surface area contributed by atoms with Gasteiger partial charge in [-0.1, -0.05) is 0 Å². The van der Waals surface area contributed by atoms with Gasteiger partial charge >= 0.3 is 0 Å². The lowest BCUT2D eigenvalue weighted by molar-refractivity contribution is 0.102. The summed E-state index contributed by atoms with van der Waals surface area (Å²) in [5.74, 6) is -0.0543. The third-order valence-corrected chi connectivity index (χ3v) is 2.18. The number of rotatable bonds is 2. The van der Waals surface area contributed by atoms with E-state index in [-0.39, 0.29) is 11.7 Å². The minimum Gasteiger partial charge on any atom is -0.383 e. The number of carbonyl (C=O) groups excluding carboxylic acids is 1. The van der Waals surface area contributed by atoms with E-state index in [0.717, 1.165) is 5.69 Å². The summed E-state index contributed by atoms with van der Waals surface area (Å²) >= 11 is 0. The van der Waals surface area contributed by atoms with Gasteiger partial charge in [0.05, 0.1) is 17.6 Å². The van der Waals surface area contributed by atoms with Gasteiger partial charge in [-0.05, 0) is 6.92 Å². The zero-order valence-electron chi connectivity index (χ0n) is 8.98. The molecule has 2 heterocycles. The first-order valence-corrected chi connectivity index (χ1v) is 4.68. The highest BCUT2D eigenvalue weighted by Gasteiger charge is 2.13. The Morgan fingerprint density at radius 2 is 2.38 bits per heavy atom. The second kappa shape index (κ2) is 3.69. The van der Waals surface area contributed by atoms with Crippen LogP contribution in [0.2, 0.25) is 0 Å². The van der Waals surface area contributed by atoms with Gasteiger partial charge in [-0.3, -0.25) is 14.6 Å². The number of hydrogen-bond donors (Lipinski definition) is 3. The lowest BCUT2D eigenvalue weighted by Crippen LogP contribution is -2.13. The Bertz CT molecular complexity index is 526. The molecule has 0 saturated carbocycles. The number of H-pyrrole nitrogens is 1. The first kappa shape index (κ1) is 10.2. The fraction of sp³-hybridized carbons (Fsp3) is 0.222. The maximum Gasteiger partial charge on any atom is 0.261 e. The van der Waals surface area contributed by atoms with Crippen molar-refractivity contribution in [2.45, 2.75) is 6.92 Å². The van der Waals surface area contributed by atoms with Gasteiger partial charge in [0.1, 0.15) is 11.4 Å². The number of aryl methyl sites for hydroxylation is 2. The monoisotopic (exact) mass is 220 g/mol. The van der Waals surface area contributed by atoms with Gasteiger partial charge < -0.3 is 11.1 Å². The quantitative estimate of drug-likeness (QED) is 0.676. The van der Waals surface area contributed by atoms with Gasteiger partial charge in [0, 0.05) is 13.2 Å². The summed E-state index contributed by atoms with van der Waals surface area (Å²) in [6.45, 7) is 1.81. The molecule has 4 N–H and O–H groups in total. The van der Waals surface area contributed by atoms with E-state index in [0.29, 0.717) is 11.3 Å². The maximum atomic E-state index is 11.8. The van der Waals surface area contributed by atoms with E-state index < -0.39 is 0 Å². The zero-order chi connectivity index (χ0) is 11.7. The molecule has 2 aromatic heterocycles. The third kappa shape index (κ3) is 1.74. The van der Waals surface area contributed by atoms with Crippen molar-refractivity contribution in [3.05, 3.63) is 23.7 Å². The van der Waals surface area contributed by atoms with Crippen LogP contribution in [0.25, 0.3) is 0 Å². The number of nitrogen functional groups attached to an aromatic ring is 1. The highest BCUT2D eigenvalue weighted by Crippen LogP contribution is 2.14. The van der Waals surface area contributed by atoms with E-state index in [9.17, 15) is 4.79 Å². The predicted molar refractivity (Wildman–Crippen MR) is 58.9 cm³/mol. The fourth-order valence-electron chi connectivity index (χ4n) is 1.39. The molecule has 0 unspecified atom stereocenters. The summed E-state index contributed by atoms with van der Waals surface area (Å²) in [4.78, 5) is 11.8. The molecule has 2 rings (SSSR count). The van der Waals surface area contributed by atoms with Gasteiger partial charge in [-0.2, -0.15) is 10.2 Å². The zero-order valence-corrected chi connectivity index (χ0v) is 8.98. The third-order valence-electron chi connectivity index (χ3n) is 2.18. The largest absolute Gasteiger partial charge is 0.383 e. The van der Waals surface area contributed by atoms with Crippen molar-refractivity contribution in [1.29, 1.82) is 0 Å². The molecule has 16 heavy (non-hydrogen) atoms. The molecule has 0 aliphatic heterocycles. The fourth-order valence-corrected chi connectivity index (χ4v) is 1.39. The standard InChI is InChI=1S/C9H12N6O/c1-5-7(4-15(2)14-5)12-9(16)6-3-11-13-8(6)10/h3-4H,1-2H3,(H,12,16)(H3,10,11,13). The van der Waals surface area contributed by atoms with Crippen LogP contribution in [0.4, 0.5) is 11.5 Å². The number of amides is 1. The normalized spacial score (nSPS) is 10.4. The van der Waals surface area contributed by atoms with Crippen LogP contribution in [0.5, 0.6) is 0 Å². The van der Waals surface area contributed by atoms with Gasteiger partial charge in [-0.25, -0.2) is 0 Å². The van der Waals surface area contributed by atoms with Crippen molar-refractivity contribution in [3.8, 4) is 0 Å². The van der Waals surface area contributed by atoms with Crippen molar-refractivity contribution in [2.75, 3.05) is 11.1 Å². The number of aromatic nitrogens is 4. The topological polar surface area (TPSA) is 102 Å². The molecule has 1 amide bonds. The summed E-state index contributed by atoms with van der Waals surface area (Å²) in [6.07, 6.45) is 3.11. The van der Waals surface area contributed by atoms with Crippen LogP contribution < -0.4 is 11.1 Å². The van der Waals surface area contributed by atoms with Crippen molar-refractivity contribution in [3.63, 3.8) is 0 Å². The van der Waals surface area contributed by atoms with Gasteiger partial charge in [0.25, 0.3) is 5.91 Å². The lowest BCUT2D eigenvalue weighted by atomic mass is 10.3. The molecule has 0 saturated heterocycles. The highest BCUT2D eigenvalue weighted by atomic mass is 16.1. The number of nitrogens with zero attached hydrogens (tertiary/aromatic N) is 3. The van der Waals surface area contributed by atoms with Crippen LogP contribution in [0.15, 0.2) is 12.4 Å². The molecule has 0 aliphatic carbocycles. The Morgan fingerprint density at radius 3 is 2.88 bits per heavy atom. The summed E-state index contributed by atoms with van der Waals surface area (Å²) in [5, 5.41) is 13.0. The van der Waals surface area contributed by atoms with Crippen molar-refractivity contribution >= 4 is 17.4 Å². The van der Waals surface area contributed by atoms with E-state index >= 15 is 0 Å². The molecule has 0 aromatic carbocycles. The molecule has 0 radical (unpaired) electrons. The Kier molecular flexibility index (Phi) is 2.35. The molecule has 0 aliphatic rings. The molecule has 0 bridgehead atoms. The van der Waals surface area contributed by atoms with Gasteiger partial charge in [-0.15, -0.1) is 0 Å². The molecular formula is C9H12N6O. The SMILES string of the molecule is Cc1nn(C)cc1NC(=O)c1cn[nH]c1N. The second-order valence-electron chi connectivity index (χ2n) is 3.45. The maximum absolute atomic E-state index is 11.8. The molecule has 84 valence electrons. The van der Waals surface area contributed by atoms with Gasteiger partial charge in [0.2, 0.25) is 0 Å². The van der Waals surface area contributed by atoms with Crippen LogP contribution in [0.1, 0.15) is 16.1 Å². The smallest absolute Gasteiger partial charge is 0.261 e. The average Bonchev–Trinajstić information content (AvgIpc) is 2.74. The number of anilines is 2. The molecule has 2 aromatic rings. The van der Waals surface area contributed by atoms with Crippen LogP contribution in [0, 0.1) is 6.92 Å². The number of nitrogens with one attached hydrogen (secondary N) is 2.